The van der Waals surface area contributed by atoms with Crippen LogP contribution in [0.5, 0.6) is 0 Å². The summed E-state index contributed by atoms with van der Waals surface area (Å²) >= 11 is 0. The molecule has 3 rings (SSSR count). The van der Waals surface area contributed by atoms with Gasteiger partial charge in [0.15, 0.2) is 0 Å². The molecule has 2 aromatic heterocycles. The topological polar surface area (TPSA) is 56.2 Å². The van der Waals surface area contributed by atoms with Crippen LogP contribution in [0.2, 0.25) is 0 Å². The lowest BCUT2D eigenvalue weighted by atomic mass is 10.1. The van der Waals surface area contributed by atoms with E-state index in [0.717, 1.165) is 22.8 Å². The zero-order valence-corrected chi connectivity index (χ0v) is 7.38. The number of nitrogens with zero attached hydrogens (tertiary/aromatic N) is 3. The van der Waals surface area contributed by atoms with Crippen LogP contribution in [0.25, 0.3) is 5.82 Å². The van der Waals surface area contributed by atoms with Crippen molar-refractivity contribution in [2.24, 2.45) is 10.9 Å². The van der Waals surface area contributed by atoms with E-state index in [2.05, 4.69) is 10.1 Å². The Morgan fingerprint density at radius 2 is 2.21 bits per heavy atom. The van der Waals surface area contributed by atoms with E-state index < -0.39 is 0 Å². The Bertz CT molecular complexity index is 524. The van der Waals surface area contributed by atoms with Gasteiger partial charge in [0.2, 0.25) is 0 Å². The molecule has 0 unspecified atom stereocenters. The maximum atomic E-state index is 5.37. The molecular formula is C10H8N4. The molecule has 0 atom stereocenters. The minimum absolute atomic E-state index is 0.804. The minimum atomic E-state index is 0.804. The van der Waals surface area contributed by atoms with Gasteiger partial charge in [-0.15, -0.1) is 0 Å². The van der Waals surface area contributed by atoms with Crippen LogP contribution in [0.4, 0.5) is 0 Å². The number of hydrogen-bond acceptors (Lipinski definition) is 3. The summed E-state index contributed by atoms with van der Waals surface area (Å²) < 4.78 is 1.99. The number of nitrogens with two attached hydrogens (primary N) is 1. The molecule has 0 saturated heterocycles. The third kappa shape index (κ3) is 0.724. The second-order valence-electron chi connectivity index (χ2n) is 3.12. The van der Waals surface area contributed by atoms with Crippen molar-refractivity contribution in [2.75, 3.05) is 0 Å². The van der Waals surface area contributed by atoms with Gasteiger partial charge in [0.05, 0.1) is 5.69 Å². The van der Waals surface area contributed by atoms with Gasteiger partial charge in [0.25, 0.3) is 0 Å². The van der Waals surface area contributed by atoms with Gasteiger partial charge in [-0.1, -0.05) is 0 Å². The summed E-state index contributed by atoms with van der Waals surface area (Å²) in [5.41, 5.74) is 2.80. The summed E-state index contributed by atoms with van der Waals surface area (Å²) in [6.45, 7) is 0. The molecule has 0 amide bonds. The number of rotatable bonds is 0. The van der Waals surface area contributed by atoms with Crippen LogP contribution in [0.15, 0.2) is 41.8 Å². The quantitative estimate of drug-likeness (QED) is 0.417. The van der Waals surface area contributed by atoms with Crippen molar-refractivity contribution in [2.45, 2.75) is 0 Å². The van der Waals surface area contributed by atoms with Gasteiger partial charge in [0, 0.05) is 18.0 Å². The Labute approximate surface area is 80.7 Å². The summed E-state index contributed by atoms with van der Waals surface area (Å²) in [6, 6.07) is 7.79. The molecule has 0 fully saturated rings. The maximum Gasteiger partial charge on any atom is 0.146 e. The largest absolute Gasteiger partial charge is 0.323 e. The number of aromatic nitrogens is 2. The van der Waals surface area contributed by atoms with Gasteiger partial charge < -0.3 is 5.84 Å². The third-order valence-corrected chi connectivity index (χ3v) is 2.39. The lowest BCUT2D eigenvalue weighted by Crippen LogP contribution is -2.01. The monoisotopic (exact) mass is 184 g/mol. The highest BCUT2D eigenvalue weighted by Gasteiger charge is 2.24. The van der Waals surface area contributed by atoms with Crippen LogP contribution in [-0.2, 0) is 0 Å². The normalized spacial score (nSPS) is 15.6. The van der Waals surface area contributed by atoms with Gasteiger partial charge in [-0.2, -0.15) is 5.10 Å². The fourth-order valence-electron chi connectivity index (χ4n) is 1.81. The van der Waals surface area contributed by atoms with Crippen molar-refractivity contribution in [3.05, 3.63) is 47.9 Å². The van der Waals surface area contributed by atoms with Crippen LogP contribution in [0.3, 0.4) is 0 Å². The van der Waals surface area contributed by atoms with Crippen LogP contribution in [0.1, 0.15) is 11.3 Å². The lowest BCUT2D eigenvalue weighted by molar-refractivity contribution is 1.02. The molecular weight excluding hydrogens is 176 g/mol. The second kappa shape index (κ2) is 2.45. The number of pyridine rings is 1. The first kappa shape index (κ1) is 7.32. The highest BCUT2D eigenvalue weighted by atomic mass is 15.2. The standard InChI is InChI=1S/C10H8N4/c11-13-9-7-3-1-5-12-10(7)14-6-2-4-8(9)14/h1-6H,11H2. The van der Waals surface area contributed by atoms with Gasteiger partial charge in [-0.25, -0.2) is 4.98 Å². The Kier molecular flexibility index (Phi) is 1.28. The minimum Gasteiger partial charge on any atom is -0.323 e. The zero-order valence-electron chi connectivity index (χ0n) is 7.38. The first-order chi connectivity index (χ1) is 6.92. The summed E-state index contributed by atoms with van der Waals surface area (Å²) in [5.74, 6) is 6.27. The van der Waals surface area contributed by atoms with Crippen molar-refractivity contribution in [3.63, 3.8) is 0 Å². The molecule has 68 valence electrons. The van der Waals surface area contributed by atoms with E-state index in [9.17, 15) is 0 Å². The summed E-state index contributed by atoms with van der Waals surface area (Å²) in [5, 5.41) is 3.80. The predicted octanol–water partition coefficient (Wildman–Crippen LogP) is 0.897. The Morgan fingerprint density at radius 1 is 1.29 bits per heavy atom. The van der Waals surface area contributed by atoms with Crippen molar-refractivity contribution >= 4 is 5.71 Å². The number of hydrogen-bond donors (Lipinski definition) is 1. The molecule has 2 aromatic rings. The molecule has 0 aromatic carbocycles. The van der Waals surface area contributed by atoms with E-state index in [1.807, 2.05) is 35.0 Å². The van der Waals surface area contributed by atoms with Gasteiger partial charge in [-0.3, -0.25) is 4.57 Å². The van der Waals surface area contributed by atoms with Crippen molar-refractivity contribution < 1.29 is 0 Å². The zero-order chi connectivity index (χ0) is 9.54. The van der Waals surface area contributed by atoms with E-state index in [-0.39, 0.29) is 0 Å². The lowest BCUT2D eigenvalue weighted by Gasteiger charge is -1.97. The average molecular weight is 184 g/mol. The molecule has 0 aliphatic carbocycles. The Balaban J connectivity index is 2.42. The molecule has 0 bridgehead atoms. The third-order valence-electron chi connectivity index (χ3n) is 2.39. The SMILES string of the molecule is NN=C1c2cccnc2-n2cccc21. The van der Waals surface area contributed by atoms with E-state index in [1.54, 1.807) is 6.20 Å². The van der Waals surface area contributed by atoms with Crippen LogP contribution < -0.4 is 5.84 Å². The molecule has 1 aliphatic rings. The average Bonchev–Trinajstić information content (AvgIpc) is 2.77. The Morgan fingerprint density at radius 3 is 3.07 bits per heavy atom. The smallest absolute Gasteiger partial charge is 0.146 e. The molecule has 0 radical (unpaired) electrons. The predicted molar refractivity (Wildman–Crippen MR) is 53.4 cm³/mol. The fraction of sp³-hybridized carbons (Fsp3) is 0. The highest BCUT2D eigenvalue weighted by Crippen LogP contribution is 2.25. The Hall–Kier alpha value is -2.10. The maximum absolute atomic E-state index is 5.37. The second-order valence-corrected chi connectivity index (χ2v) is 3.12. The summed E-state index contributed by atoms with van der Waals surface area (Å²) in [6.07, 6.45) is 3.72. The van der Waals surface area contributed by atoms with Gasteiger partial charge in [0.1, 0.15) is 11.5 Å². The molecule has 3 heterocycles. The van der Waals surface area contributed by atoms with Crippen LogP contribution in [-0.4, -0.2) is 15.3 Å². The highest BCUT2D eigenvalue weighted by molar-refractivity contribution is 6.16. The van der Waals surface area contributed by atoms with E-state index in [4.69, 9.17) is 5.84 Å². The molecule has 14 heavy (non-hydrogen) atoms. The van der Waals surface area contributed by atoms with Crippen molar-refractivity contribution in [1.29, 1.82) is 0 Å². The molecule has 0 saturated carbocycles. The van der Waals surface area contributed by atoms with E-state index in [1.165, 1.54) is 0 Å². The molecule has 0 spiro atoms. The van der Waals surface area contributed by atoms with Crippen molar-refractivity contribution in [1.82, 2.24) is 9.55 Å². The summed E-state index contributed by atoms with van der Waals surface area (Å²) in [7, 11) is 0. The van der Waals surface area contributed by atoms with Gasteiger partial charge >= 0.3 is 0 Å². The van der Waals surface area contributed by atoms with Crippen LogP contribution in [0, 0.1) is 0 Å². The van der Waals surface area contributed by atoms with E-state index >= 15 is 0 Å². The summed E-state index contributed by atoms with van der Waals surface area (Å²) in [4.78, 5) is 4.30. The number of fused-ring (bicyclic) bond motifs is 3. The molecule has 4 heteroatoms. The molecule has 2 N–H and O–H groups in total. The van der Waals surface area contributed by atoms with Crippen molar-refractivity contribution in [3.8, 4) is 5.82 Å². The van der Waals surface area contributed by atoms with Gasteiger partial charge in [-0.05, 0) is 24.3 Å². The molecule has 1 aliphatic heterocycles. The molecule has 4 nitrogen and oxygen atoms in total. The fourth-order valence-corrected chi connectivity index (χ4v) is 1.81. The first-order valence-corrected chi connectivity index (χ1v) is 4.33. The van der Waals surface area contributed by atoms with Crippen LogP contribution >= 0.6 is 0 Å². The first-order valence-electron chi connectivity index (χ1n) is 4.33. The number of hydrazone groups is 1. The van der Waals surface area contributed by atoms with E-state index in [0.29, 0.717) is 0 Å².